The maximum atomic E-state index is 12.8. The molecule has 4 nitrogen and oxygen atoms in total. The van der Waals surface area contributed by atoms with E-state index in [-0.39, 0.29) is 18.7 Å². The SMILES string of the molecule is CCOC(=O)Cc1cc(F)nc(C#N)c1. The summed E-state index contributed by atoms with van der Waals surface area (Å²) in [6.07, 6.45) is -0.0536. The quantitative estimate of drug-likeness (QED) is 0.553. The molecule has 0 aliphatic heterocycles. The number of nitriles is 1. The van der Waals surface area contributed by atoms with E-state index < -0.39 is 11.9 Å². The molecule has 5 heteroatoms. The number of carbonyl (C=O) groups is 1. The zero-order valence-corrected chi connectivity index (χ0v) is 8.16. The molecule has 0 saturated carbocycles. The molecule has 1 aromatic heterocycles. The van der Waals surface area contributed by atoms with E-state index in [4.69, 9.17) is 10.00 Å². The highest BCUT2D eigenvalue weighted by Gasteiger charge is 2.07. The minimum Gasteiger partial charge on any atom is -0.466 e. The lowest BCUT2D eigenvalue weighted by Crippen LogP contribution is -2.08. The molecule has 1 rings (SSSR count). The van der Waals surface area contributed by atoms with Crippen molar-refractivity contribution >= 4 is 5.97 Å². The second-order valence-corrected chi connectivity index (χ2v) is 2.78. The maximum Gasteiger partial charge on any atom is 0.310 e. The predicted molar refractivity (Wildman–Crippen MR) is 49.2 cm³/mol. The van der Waals surface area contributed by atoms with E-state index in [1.54, 1.807) is 13.0 Å². The Labute approximate surface area is 86.3 Å². The van der Waals surface area contributed by atoms with E-state index in [1.165, 1.54) is 6.07 Å². The molecule has 15 heavy (non-hydrogen) atoms. The number of aromatic nitrogens is 1. The average molecular weight is 208 g/mol. The number of nitrogens with zero attached hydrogens (tertiary/aromatic N) is 2. The van der Waals surface area contributed by atoms with Crippen LogP contribution in [0.15, 0.2) is 12.1 Å². The molecule has 1 aromatic rings. The average Bonchev–Trinajstić information content (AvgIpc) is 2.17. The van der Waals surface area contributed by atoms with Gasteiger partial charge >= 0.3 is 5.97 Å². The Balaban J connectivity index is 2.82. The topological polar surface area (TPSA) is 63.0 Å². The van der Waals surface area contributed by atoms with Crippen molar-refractivity contribution in [3.05, 3.63) is 29.3 Å². The second kappa shape index (κ2) is 5.05. The number of pyridine rings is 1. The number of hydrogen-bond donors (Lipinski definition) is 0. The van der Waals surface area contributed by atoms with Crippen LogP contribution in [0.5, 0.6) is 0 Å². The number of ether oxygens (including phenoxy) is 1. The van der Waals surface area contributed by atoms with Gasteiger partial charge in [0, 0.05) is 0 Å². The van der Waals surface area contributed by atoms with Gasteiger partial charge in [0.2, 0.25) is 5.95 Å². The van der Waals surface area contributed by atoms with E-state index in [0.29, 0.717) is 5.56 Å². The van der Waals surface area contributed by atoms with E-state index in [1.807, 2.05) is 0 Å². The maximum absolute atomic E-state index is 12.8. The van der Waals surface area contributed by atoms with E-state index in [2.05, 4.69) is 4.98 Å². The van der Waals surface area contributed by atoms with E-state index >= 15 is 0 Å². The number of esters is 1. The van der Waals surface area contributed by atoms with Gasteiger partial charge in [-0.05, 0) is 24.6 Å². The van der Waals surface area contributed by atoms with Crippen LogP contribution in [0.2, 0.25) is 0 Å². The third-order valence-electron chi connectivity index (χ3n) is 1.62. The molecule has 0 aliphatic carbocycles. The molecular formula is C10H9FN2O2. The van der Waals surface area contributed by atoms with Crippen molar-refractivity contribution in [2.45, 2.75) is 13.3 Å². The minimum absolute atomic E-state index is 0.0469. The highest BCUT2D eigenvalue weighted by atomic mass is 19.1. The summed E-state index contributed by atoms with van der Waals surface area (Å²) >= 11 is 0. The van der Waals surface area contributed by atoms with Crippen LogP contribution in [0.4, 0.5) is 4.39 Å². The van der Waals surface area contributed by atoms with Crippen molar-refractivity contribution < 1.29 is 13.9 Å². The van der Waals surface area contributed by atoms with Gasteiger partial charge in [-0.25, -0.2) is 4.98 Å². The Morgan fingerprint density at radius 2 is 2.40 bits per heavy atom. The molecule has 0 aliphatic rings. The van der Waals surface area contributed by atoms with Gasteiger partial charge in [0.05, 0.1) is 13.0 Å². The zero-order chi connectivity index (χ0) is 11.3. The van der Waals surface area contributed by atoms with Crippen LogP contribution in [-0.4, -0.2) is 17.6 Å². The monoisotopic (exact) mass is 208 g/mol. The standard InChI is InChI=1S/C10H9FN2O2/c1-2-15-10(14)5-7-3-8(6-12)13-9(11)4-7/h3-4H,2,5H2,1H3. The first kappa shape index (κ1) is 11.1. The molecule has 0 aromatic carbocycles. The Bertz CT molecular complexity index is 412. The first-order valence-corrected chi connectivity index (χ1v) is 4.38. The fourth-order valence-corrected chi connectivity index (χ4v) is 1.09. The second-order valence-electron chi connectivity index (χ2n) is 2.78. The summed E-state index contributed by atoms with van der Waals surface area (Å²) in [6, 6.07) is 4.18. The van der Waals surface area contributed by atoms with E-state index in [0.717, 1.165) is 6.07 Å². The lowest BCUT2D eigenvalue weighted by Gasteiger charge is -2.02. The summed E-state index contributed by atoms with van der Waals surface area (Å²) in [5.41, 5.74) is 0.340. The van der Waals surface area contributed by atoms with Gasteiger partial charge in [-0.2, -0.15) is 9.65 Å². The Kier molecular flexibility index (Phi) is 3.75. The van der Waals surface area contributed by atoms with Gasteiger partial charge in [-0.1, -0.05) is 0 Å². The molecule has 0 N–H and O–H groups in total. The lowest BCUT2D eigenvalue weighted by atomic mass is 10.2. The van der Waals surface area contributed by atoms with E-state index in [9.17, 15) is 9.18 Å². The fraction of sp³-hybridized carbons (Fsp3) is 0.300. The summed E-state index contributed by atoms with van der Waals surface area (Å²) in [6.45, 7) is 1.96. The summed E-state index contributed by atoms with van der Waals surface area (Å²) in [5, 5.41) is 8.53. The van der Waals surface area contributed by atoms with Crippen LogP contribution in [0.1, 0.15) is 18.2 Å². The molecule has 0 amide bonds. The smallest absolute Gasteiger partial charge is 0.310 e. The van der Waals surface area contributed by atoms with Crippen molar-refractivity contribution in [2.24, 2.45) is 0 Å². The van der Waals surface area contributed by atoms with Crippen LogP contribution in [0.3, 0.4) is 0 Å². The molecule has 0 atom stereocenters. The van der Waals surface area contributed by atoms with Crippen molar-refractivity contribution in [3.8, 4) is 6.07 Å². The molecule has 1 heterocycles. The number of hydrogen-bond acceptors (Lipinski definition) is 4. The molecule has 78 valence electrons. The molecule has 0 spiro atoms. The highest BCUT2D eigenvalue weighted by molar-refractivity contribution is 5.72. The third kappa shape index (κ3) is 3.35. The molecular weight excluding hydrogens is 199 g/mol. The number of rotatable bonds is 3. The molecule has 0 unspecified atom stereocenters. The summed E-state index contributed by atoms with van der Waals surface area (Å²) in [5.74, 6) is -1.22. The Morgan fingerprint density at radius 1 is 1.67 bits per heavy atom. The van der Waals surface area contributed by atoms with Gasteiger partial charge < -0.3 is 4.74 Å². The van der Waals surface area contributed by atoms with Crippen molar-refractivity contribution in [1.29, 1.82) is 5.26 Å². The van der Waals surface area contributed by atoms with Gasteiger partial charge in [0.25, 0.3) is 0 Å². The molecule has 0 bridgehead atoms. The largest absolute Gasteiger partial charge is 0.466 e. The van der Waals surface area contributed by atoms with Crippen LogP contribution in [0, 0.1) is 17.3 Å². The Morgan fingerprint density at radius 3 is 3.00 bits per heavy atom. The predicted octanol–water partition coefficient (Wildman–Crippen LogP) is 1.20. The van der Waals surface area contributed by atoms with Crippen LogP contribution in [0.25, 0.3) is 0 Å². The summed E-state index contributed by atoms with van der Waals surface area (Å²) in [7, 11) is 0. The number of halogens is 1. The molecule has 0 saturated heterocycles. The van der Waals surface area contributed by atoms with Crippen LogP contribution >= 0.6 is 0 Å². The van der Waals surface area contributed by atoms with Gasteiger partial charge in [0.15, 0.2) is 0 Å². The molecule has 0 radical (unpaired) electrons. The summed E-state index contributed by atoms with van der Waals surface area (Å²) in [4.78, 5) is 14.4. The first-order chi connectivity index (χ1) is 7.15. The Hall–Kier alpha value is -1.96. The summed E-state index contributed by atoms with van der Waals surface area (Å²) < 4.78 is 17.5. The first-order valence-electron chi connectivity index (χ1n) is 4.38. The fourth-order valence-electron chi connectivity index (χ4n) is 1.09. The highest BCUT2D eigenvalue weighted by Crippen LogP contribution is 2.06. The zero-order valence-electron chi connectivity index (χ0n) is 8.16. The normalized spacial score (nSPS) is 9.40. The minimum atomic E-state index is -0.770. The van der Waals surface area contributed by atoms with Crippen molar-refractivity contribution in [3.63, 3.8) is 0 Å². The van der Waals surface area contributed by atoms with Crippen LogP contribution < -0.4 is 0 Å². The van der Waals surface area contributed by atoms with Crippen molar-refractivity contribution in [2.75, 3.05) is 6.61 Å². The molecule has 0 fully saturated rings. The van der Waals surface area contributed by atoms with Gasteiger partial charge in [-0.3, -0.25) is 4.79 Å². The van der Waals surface area contributed by atoms with Crippen molar-refractivity contribution in [1.82, 2.24) is 4.98 Å². The van der Waals surface area contributed by atoms with Gasteiger partial charge in [-0.15, -0.1) is 0 Å². The van der Waals surface area contributed by atoms with Crippen LogP contribution in [-0.2, 0) is 16.0 Å². The number of carbonyl (C=O) groups excluding carboxylic acids is 1. The van der Waals surface area contributed by atoms with Gasteiger partial charge in [0.1, 0.15) is 11.8 Å². The third-order valence-corrected chi connectivity index (χ3v) is 1.62. The lowest BCUT2D eigenvalue weighted by molar-refractivity contribution is -0.142.